The first-order valence-corrected chi connectivity index (χ1v) is 20.8. The molecule has 0 radical (unpaired) electrons. The van der Waals surface area contributed by atoms with Crippen molar-refractivity contribution in [3.8, 4) is 11.6 Å². The molecule has 3 aliphatic rings. The van der Waals surface area contributed by atoms with Gasteiger partial charge in [-0.25, -0.2) is 23.2 Å². The van der Waals surface area contributed by atoms with Gasteiger partial charge in [0.25, 0.3) is 15.9 Å². The molecule has 2 fully saturated rings. The molecule has 2 aromatic rings. The summed E-state index contributed by atoms with van der Waals surface area (Å²) in [5.74, 6) is -2.40. The summed E-state index contributed by atoms with van der Waals surface area (Å²) in [5.41, 5.74) is 0.788. The first kappa shape index (κ1) is 42.0. The van der Waals surface area contributed by atoms with Gasteiger partial charge in [-0.3, -0.25) is 14.9 Å². The third kappa shape index (κ3) is 9.83. The molecule has 1 saturated heterocycles. The summed E-state index contributed by atoms with van der Waals surface area (Å²) in [6.45, 7) is 12.2. The second kappa shape index (κ2) is 16.9. The first-order chi connectivity index (χ1) is 25.9. The van der Waals surface area contributed by atoms with E-state index in [2.05, 4.69) is 21.6 Å². The van der Waals surface area contributed by atoms with Crippen molar-refractivity contribution in [1.29, 1.82) is 0 Å². The molecule has 5 rings (SSSR count). The van der Waals surface area contributed by atoms with Crippen LogP contribution in [0.4, 0.5) is 4.79 Å². The molecule has 2 N–H and O–H groups in total. The zero-order chi connectivity index (χ0) is 40.3. The number of nitrogens with one attached hydrogen (secondary N) is 2. The predicted octanol–water partition coefficient (Wildman–Crippen LogP) is 3.84. The lowest BCUT2D eigenvalue weighted by molar-refractivity contribution is -0.221. The molecular formula is C38H53N6O9S2-. The SMILES string of the molecule is C=C[C@H](C)C(NC(=O)[C@@H]1CC2CN1C(=O)[C@@](S)(C(C)(C)C)NC(=O)O[C@@H](C)CCCCCCc1nc3ccc(OC)cc3nc1O2)C([O-])=NS(=O)(=O)C1CC1. The number of aryl methyl sites for hydroxylation is 1. The van der Waals surface area contributed by atoms with Gasteiger partial charge in [-0.2, -0.15) is 4.40 Å². The zero-order valence-corrected chi connectivity index (χ0v) is 34.1. The molecule has 15 nitrogen and oxygen atoms in total. The van der Waals surface area contributed by atoms with Crippen LogP contribution in [-0.4, -0.2) is 95.2 Å². The average molecular weight is 802 g/mol. The number of hydrogen-bond donors (Lipinski definition) is 3. The van der Waals surface area contributed by atoms with E-state index >= 15 is 0 Å². The predicted molar refractivity (Wildman–Crippen MR) is 208 cm³/mol. The maximum Gasteiger partial charge on any atom is 0.408 e. The van der Waals surface area contributed by atoms with Gasteiger partial charge in [0.1, 0.15) is 29.7 Å². The maximum atomic E-state index is 14.8. The van der Waals surface area contributed by atoms with Gasteiger partial charge in [-0.05, 0) is 63.5 Å². The molecule has 1 aromatic heterocycles. The zero-order valence-electron chi connectivity index (χ0n) is 32.4. The van der Waals surface area contributed by atoms with Crippen molar-refractivity contribution in [2.45, 2.75) is 127 Å². The van der Waals surface area contributed by atoms with Gasteiger partial charge in [-0.1, -0.05) is 46.6 Å². The van der Waals surface area contributed by atoms with Crippen molar-refractivity contribution in [2.75, 3.05) is 13.7 Å². The number of methoxy groups -OCH3 is 1. The minimum absolute atomic E-state index is 0.0504. The minimum atomic E-state index is -4.06. The lowest BCUT2D eigenvalue weighted by Gasteiger charge is -2.43. The Balaban J connectivity index is 1.56. The van der Waals surface area contributed by atoms with Gasteiger partial charge >= 0.3 is 6.09 Å². The number of sulfonamides is 1. The summed E-state index contributed by atoms with van der Waals surface area (Å²) in [6, 6.07) is 2.72. The maximum absolute atomic E-state index is 14.8. The summed E-state index contributed by atoms with van der Waals surface area (Å²) in [7, 11) is -2.51. The van der Waals surface area contributed by atoms with E-state index in [1.807, 2.05) is 6.07 Å². The number of hydrogen-bond acceptors (Lipinski definition) is 12. The number of fused-ring (bicyclic) bond motifs is 4. The molecule has 6 atom stereocenters. The van der Waals surface area contributed by atoms with Crippen molar-refractivity contribution >= 4 is 57.5 Å². The molecule has 2 bridgehead atoms. The molecule has 3 amide bonds. The Morgan fingerprint density at radius 2 is 1.87 bits per heavy atom. The van der Waals surface area contributed by atoms with Crippen LogP contribution in [0, 0.1) is 11.3 Å². The molecule has 17 heteroatoms. The van der Waals surface area contributed by atoms with E-state index in [1.165, 1.54) is 11.0 Å². The van der Waals surface area contributed by atoms with Gasteiger partial charge < -0.3 is 29.5 Å². The summed E-state index contributed by atoms with van der Waals surface area (Å²) < 4.78 is 46.4. The molecule has 2 aliphatic heterocycles. The summed E-state index contributed by atoms with van der Waals surface area (Å²) in [5, 5.41) is 18.0. The smallest absolute Gasteiger partial charge is 0.408 e. The number of alkyl carbamates (subject to hydrolysis) is 1. The average Bonchev–Trinajstić information content (AvgIpc) is 3.91. The Bertz CT molecular complexity index is 1920. The number of benzene rings is 1. The third-order valence-electron chi connectivity index (χ3n) is 10.4. The molecule has 2 unspecified atom stereocenters. The molecule has 3 heterocycles. The van der Waals surface area contributed by atoms with E-state index in [1.54, 1.807) is 53.9 Å². The van der Waals surface area contributed by atoms with E-state index in [4.69, 9.17) is 36.8 Å². The fourth-order valence-electron chi connectivity index (χ4n) is 6.64. The second-order valence-corrected chi connectivity index (χ2v) is 18.3. The third-order valence-corrected chi connectivity index (χ3v) is 13.1. The molecule has 0 spiro atoms. The number of carbonyl (C=O) groups is 3. The highest BCUT2D eigenvalue weighted by molar-refractivity contribution is 7.91. The number of thiol groups is 1. The Labute approximate surface area is 328 Å². The quantitative estimate of drug-likeness (QED) is 0.152. The summed E-state index contributed by atoms with van der Waals surface area (Å²) >= 11 is 4.80. The Morgan fingerprint density at radius 1 is 1.16 bits per heavy atom. The van der Waals surface area contributed by atoms with Crippen molar-refractivity contribution in [3.63, 3.8) is 0 Å². The van der Waals surface area contributed by atoms with Crippen molar-refractivity contribution in [2.24, 2.45) is 15.7 Å². The van der Waals surface area contributed by atoms with Crippen LogP contribution in [0.5, 0.6) is 11.6 Å². The standard InChI is InChI=1S/C38H54N6O9S2/c1-8-22(2)31(33(46)43-55(49,50)26-16-17-26)41-32(45)30-20-25-21-44(30)35(47)38(54,37(4,5)6)42-36(48)52-23(3)13-11-9-10-12-14-28-34(53-25)40-29-19-24(51-7)15-18-27(29)39-28/h8,15,18-19,22-23,25-26,30-31,54H,1,9-14,16-17,20-21H2,2-7H3,(H,41,45)(H,42,48)(H,43,46)/p-1/t22-,23-,25?,30-,31?,38+/m0/s1. The number of rotatable bonds is 8. The summed E-state index contributed by atoms with van der Waals surface area (Å²) in [4.78, 5) is 51.5. The minimum Gasteiger partial charge on any atom is -0.860 e. The molecule has 302 valence electrons. The first-order valence-electron chi connectivity index (χ1n) is 18.8. The monoisotopic (exact) mass is 801 g/mol. The van der Waals surface area contributed by atoms with Gasteiger partial charge in [0.2, 0.25) is 11.8 Å². The van der Waals surface area contributed by atoms with Gasteiger partial charge in [0.15, 0.2) is 4.87 Å². The Hall–Kier alpha value is -4.12. The molecule has 1 saturated carbocycles. The highest BCUT2D eigenvalue weighted by atomic mass is 32.2. The highest BCUT2D eigenvalue weighted by Crippen LogP contribution is 2.39. The molecule has 55 heavy (non-hydrogen) atoms. The van der Waals surface area contributed by atoms with Crippen LogP contribution in [0.15, 0.2) is 35.3 Å². The Morgan fingerprint density at radius 3 is 2.53 bits per heavy atom. The normalized spacial score (nSPS) is 26.0. The van der Waals surface area contributed by atoms with Crippen LogP contribution in [0.2, 0.25) is 0 Å². The lowest BCUT2D eigenvalue weighted by atomic mass is 9.84. The topological polar surface area (TPSA) is 202 Å². The van der Waals surface area contributed by atoms with Crippen LogP contribution in [-0.2, 0) is 30.8 Å². The number of ether oxygens (including phenoxy) is 3. The Kier molecular flexibility index (Phi) is 12.9. The van der Waals surface area contributed by atoms with E-state index in [-0.39, 0.29) is 18.8 Å². The fourth-order valence-corrected chi connectivity index (χ4v) is 8.11. The van der Waals surface area contributed by atoms with Crippen LogP contribution >= 0.6 is 12.6 Å². The largest absolute Gasteiger partial charge is 0.860 e. The van der Waals surface area contributed by atoms with Crippen molar-refractivity contribution < 1.29 is 42.1 Å². The van der Waals surface area contributed by atoms with Crippen LogP contribution < -0.4 is 25.2 Å². The van der Waals surface area contributed by atoms with E-state index in [0.29, 0.717) is 48.2 Å². The van der Waals surface area contributed by atoms with E-state index in [0.717, 1.165) is 25.7 Å². The van der Waals surface area contributed by atoms with Crippen LogP contribution in [0.1, 0.15) is 91.7 Å². The van der Waals surface area contributed by atoms with Crippen molar-refractivity contribution in [1.82, 2.24) is 25.5 Å². The van der Waals surface area contributed by atoms with Crippen LogP contribution in [0.3, 0.4) is 0 Å². The van der Waals surface area contributed by atoms with Crippen molar-refractivity contribution in [3.05, 3.63) is 36.5 Å². The van der Waals surface area contributed by atoms with Gasteiger partial charge in [0, 0.05) is 23.8 Å². The van der Waals surface area contributed by atoms with Gasteiger partial charge in [-0.15, -0.1) is 19.2 Å². The number of aromatic nitrogens is 2. The number of nitrogens with zero attached hydrogens (tertiary/aromatic N) is 4. The van der Waals surface area contributed by atoms with E-state index in [9.17, 15) is 27.9 Å². The summed E-state index contributed by atoms with van der Waals surface area (Å²) in [6.07, 6.45) is 4.62. The molecular weight excluding hydrogens is 749 g/mol. The molecule has 1 aliphatic carbocycles. The second-order valence-electron chi connectivity index (χ2n) is 15.8. The number of cyclic esters (lactones) is 1. The van der Waals surface area contributed by atoms with Crippen LogP contribution in [0.25, 0.3) is 11.0 Å². The molecule has 1 aromatic carbocycles. The fraction of sp³-hybridized carbons (Fsp3) is 0.632. The number of amides is 3. The number of carbonyl (C=O) groups excluding carboxylic acids is 3. The van der Waals surface area contributed by atoms with E-state index < -0.39 is 79.6 Å². The van der Waals surface area contributed by atoms with Gasteiger partial charge in [0.05, 0.1) is 36.0 Å². The lowest BCUT2D eigenvalue weighted by Crippen LogP contribution is -2.65. The highest BCUT2D eigenvalue weighted by Gasteiger charge is 2.54.